The number of esters is 1. The van der Waals surface area contributed by atoms with E-state index in [1.807, 2.05) is 0 Å². The van der Waals surface area contributed by atoms with Crippen LogP contribution in [0.5, 0.6) is 0 Å². The molecule has 0 bridgehead atoms. The minimum Gasteiger partial charge on any atom is -0.463 e. The van der Waals surface area contributed by atoms with Crippen LogP contribution in [0.2, 0.25) is 0 Å². The lowest BCUT2D eigenvalue weighted by Crippen LogP contribution is -2.13. The highest BCUT2D eigenvalue weighted by Crippen LogP contribution is 2.16. The van der Waals surface area contributed by atoms with Crippen molar-refractivity contribution in [1.82, 2.24) is 4.98 Å². The topological polar surface area (TPSA) is 90.8 Å². The van der Waals surface area contributed by atoms with Gasteiger partial charge in [0.15, 0.2) is 5.58 Å². The molecule has 0 unspecified atom stereocenters. The van der Waals surface area contributed by atoms with Crippen LogP contribution in [0.3, 0.4) is 0 Å². The molecule has 0 saturated heterocycles. The summed E-state index contributed by atoms with van der Waals surface area (Å²) >= 11 is 0. The predicted molar refractivity (Wildman–Crippen MR) is 54.3 cm³/mol. The molecule has 1 N–H and O–H groups in total. The molecule has 0 radical (unpaired) electrons. The van der Waals surface area contributed by atoms with Crippen molar-refractivity contribution >= 4 is 23.2 Å². The van der Waals surface area contributed by atoms with Gasteiger partial charge < -0.3 is 23.6 Å². The normalized spacial score (nSPS) is 10.2. The van der Waals surface area contributed by atoms with E-state index in [-0.39, 0.29) is 5.69 Å². The molecule has 2 heterocycles. The van der Waals surface area contributed by atoms with Gasteiger partial charge in [-0.2, -0.15) is 0 Å². The minimum absolute atomic E-state index is 0.216. The maximum Gasteiger partial charge on any atom is 0.510 e. The number of methoxy groups -OCH3 is 1. The van der Waals surface area contributed by atoms with Gasteiger partial charge in [-0.1, -0.05) is 0 Å². The molecule has 0 aliphatic heterocycles. The number of aromatic nitrogens is 1. The van der Waals surface area contributed by atoms with Crippen molar-refractivity contribution in [3.8, 4) is 0 Å². The van der Waals surface area contributed by atoms with E-state index in [0.29, 0.717) is 11.1 Å². The number of fused-ring (bicyclic) bond motifs is 1. The maximum absolute atomic E-state index is 11.5. The molecular weight excluding hydrogens is 230 g/mol. The van der Waals surface area contributed by atoms with E-state index in [9.17, 15) is 9.59 Å². The van der Waals surface area contributed by atoms with E-state index in [4.69, 9.17) is 4.42 Å². The molecule has 0 aromatic carbocycles. The highest BCUT2D eigenvalue weighted by Gasteiger charge is 2.13. The molecule has 0 fully saturated rings. The van der Waals surface area contributed by atoms with Crippen LogP contribution < -0.4 is 0 Å². The van der Waals surface area contributed by atoms with Gasteiger partial charge in [0.2, 0.25) is 6.79 Å². The smallest absolute Gasteiger partial charge is 0.463 e. The monoisotopic (exact) mass is 239 g/mol. The lowest BCUT2D eigenvalue weighted by Gasteiger charge is -2.03. The summed E-state index contributed by atoms with van der Waals surface area (Å²) in [7, 11) is 1.16. The standard InChI is InChI=1S/C10H9NO6/c1-14-10(13)17-5-16-9(12)7-4-8-6(11-7)2-3-15-8/h2-4,11H,5H2,1H3. The number of nitrogens with one attached hydrogen (secondary N) is 1. The number of carbonyl (C=O) groups is 2. The lowest BCUT2D eigenvalue weighted by molar-refractivity contribution is -0.0224. The SMILES string of the molecule is COC(=O)OCOC(=O)c1cc2occc2[nH]1. The highest BCUT2D eigenvalue weighted by atomic mass is 16.8. The van der Waals surface area contributed by atoms with Crippen molar-refractivity contribution in [3.63, 3.8) is 0 Å². The molecule has 90 valence electrons. The number of hydrogen-bond donors (Lipinski definition) is 1. The third-order valence-electron chi connectivity index (χ3n) is 1.99. The fourth-order valence-corrected chi connectivity index (χ4v) is 1.23. The average molecular weight is 239 g/mol. The van der Waals surface area contributed by atoms with Gasteiger partial charge in [-0.05, 0) is 0 Å². The summed E-state index contributed by atoms with van der Waals surface area (Å²) in [6, 6.07) is 3.17. The molecule has 17 heavy (non-hydrogen) atoms. The third-order valence-corrected chi connectivity index (χ3v) is 1.99. The fourth-order valence-electron chi connectivity index (χ4n) is 1.23. The Kier molecular flexibility index (Phi) is 2.99. The van der Waals surface area contributed by atoms with E-state index in [0.717, 1.165) is 7.11 Å². The lowest BCUT2D eigenvalue weighted by atomic mass is 10.4. The zero-order chi connectivity index (χ0) is 12.3. The second kappa shape index (κ2) is 4.60. The van der Waals surface area contributed by atoms with Gasteiger partial charge in [-0.15, -0.1) is 0 Å². The van der Waals surface area contributed by atoms with Gasteiger partial charge in [0, 0.05) is 12.1 Å². The molecule has 0 aliphatic carbocycles. The first-order valence-electron chi connectivity index (χ1n) is 4.65. The van der Waals surface area contributed by atoms with Crippen LogP contribution >= 0.6 is 0 Å². The number of H-pyrrole nitrogens is 1. The Hall–Kier alpha value is -2.44. The number of carbonyl (C=O) groups excluding carboxylic acids is 2. The second-order valence-electron chi connectivity index (χ2n) is 3.03. The molecule has 2 rings (SSSR count). The molecule has 0 atom stereocenters. The molecule has 2 aromatic rings. The molecule has 0 saturated carbocycles. The third kappa shape index (κ3) is 2.39. The van der Waals surface area contributed by atoms with Crippen LogP contribution in [0.1, 0.15) is 10.5 Å². The van der Waals surface area contributed by atoms with E-state index < -0.39 is 18.9 Å². The molecule has 0 aliphatic rings. The summed E-state index contributed by atoms with van der Waals surface area (Å²) in [5.74, 6) is -0.652. The quantitative estimate of drug-likeness (QED) is 0.647. The second-order valence-corrected chi connectivity index (χ2v) is 3.03. The molecule has 0 spiro atoms. The predicted octanol–water partition coefficient (Wildman–Crippen LogP) is 1.66. The van der Waals surface area contributed by atoms with Gasteiger partial charge in [0.25, 0.3) is 0 Å². The Labute approximate surface area is 95.2 Å². The summed E-state index contributed by atoms with van der Waals surface area (Å²) in [6.07, 6.45) is 0.578. The molecule has 2 aromatic heterocycles. The van der Waals surface area contributed by atoms with Crippen LogP contribution in [0.4, 0.5) is 4.79 Å². The number of ether oxygens (including phenoxy) is 3. The van der Waals surface area contributed by atoms with Gasteiger partial charge in [0.05, 0.1) is 18.9 Å². The zero-order valence-electron chi connectivity index (χ0n) is 8.89. The summed E-state index contributed by atoms with van der Waals surface area (Å²) in [5.41, 5.74) is 1.45. The number of rotatable bonds is 3. The Morgan fingerprint density at radius 2 is 2.24 bits per heavy atom. The number of aromatic amines is 1. The van der Waals surface area contributed by atoms with Crippen molar-refractivity contribution in [2.24, 2.45) is 0 Å². The number of furan rings is 1. The highest BCUT2D eigenvalue weighted by molar-refractivity contribution is 5.93. The van der Waals surface area contributed by atoms with E-state index in [1.54, 1.807) is 6.07 Å². The Morgan fingerprint density at radius 1 is 1.41 bits per heavy atom. The van der Waals surface area contributed by atoms with Crippen molar-refractivity contribution in [1.29, 1.82) is 0 Å². The van der Waals surface area contributed by atoms with Crippen LogP contribution in [0.25, 0.3) is 11.1 Å². The first-order chi connectivity index (χ1) is 8.20. The van der Waals surface area contributed by atoms with E-state index in [1.165, 1.54) is 12.3 Å². The molecule has 0 amide bonds. The maximum atomic E-state index is 11.5. The first-order valence-corrected chi connectivity index (χ1v) is 4.65. The Morgan fingerprint density at radius 3 is 2.94 bits per heavy atom. The van der Waals surface area contributed by atoms with Crippen molar-refractivity contribution in [2.75, 3.05) is 13.9 Å². The first kappa shape index (κ1) is 11.1. The van der Waals surface area contributed by atoms with Crippen LogP contribution in [-0.4, -0.2) is 31.0 Å². The zero-order valence-corrected chi connectivity index (χ0v) is 8.89. The summed E-state index contributed by atoms with van der Waals surface area (Å²) < 4.78 is 18.3. The molecule has 7 heteroatoms. The van der Waals surface area contributed by atoms with Gasteiger partial charge in [-0.3, -0.25) is 0 Å². The Bertz CT molecular complexity index is 511. The minimum atomic E-state index is -0.918. The van der Waals surface area contributed by atoms with Crippen LogP contribution in [0, 0.1) is 0 Å². The number of hydrogen-bond acceptors (Lipinski definition) is 6. The molecular formula is C10H9NO6. The van der Waals surface area contributed by atoms with E-state index in [2.05, 4.69) is 19.2 Å². The fraction of sp³-hybridized carbons (Fsp3) is 0.200. The van der Waals surface area contributed by atoms with Crippen LogP contribution in [0.15, 0.2) is 22.8 Å². The van der Waals surface area contributed by atoms with Crippen LogP contribution in [-0.2, 0) is 14.2 Å². The van der Waals surface area contributed by atoms with Gasteiger partial charge in [0.1, 0.15) is 5.69 Å². The van der Waals surface area contributed by atoms with Crippen molar-refractivity contribution in [3.05, 3.63) is 24.1 Å². The average Bonchev–Trinajstić information content (AvgIpc) is 2.88. The van der Waals surface area contributed by atoms with Crippen molar-refractivity contribution < 1.29 is 28.2 Å². The van der Waals surface area contributed by atoms with E-state index >= 15 is 0 Å². The van der Waals surface area contributed by atoms with Crippen molar-refractivity contribution in [2.45, 2.75) is 0 Å². The molecule has 7 nitrogen and oxygen atoms in total. The van der Waals surface area contributed by atoms with Gasteiger partial charge in [-0.25, -0.2) is 9.59 Å². The summed E-state index contributed by atoms with van der Waals surface area (Å²) in [4.78, 5) is 24.8. The summed E-state index contributed by atoms with van der Waals surface area (Å²) in [6.45, 7) is -0.508. The Balaban J connectivity index is 1.92. The largest absolute Gasteiger partial charge is 0.510 e. The van der Waals surface area contributed by atoms with Gasteiger partial charge >= 0.3 is 12.1 Å². The summed E-state index contributed by atoms with van der Waals surface area (Å²) in [5, 5.41) is 0.